The lowest BCUT2D eigenvalue weighted by atomic mass is 9.97. The molecule has 1 aromatic rings. The molecule has 5 amide bonds. The topological polar surface area (TPSA) is 195 Å². The van der Waals surface area contributed by atoms with Crippen LogP contribution in [0.25, 0.3) is 0 Å². The van der Waals surface area contributed by atoms with Gasteiger partial charge in [-0.3, -0.25) is 19.2 Å². The summed E-state index contributed by atoms with van der Waals surface area (Å²) in [6, 6.07) is 5.65. The third-order valence-electron chi connectivity index (χ3n) is 5.76. The Morgan fingerprint density at radius 1 is 1.08 bits per heavy atom. The van der Waals surface area contributed by atoms with E-state index in [1.807, 2.05) is 6.07 Å². The number of alkyl carbamates (subject to hydrolysis) is 1. The van der Waals surface area contributed by atoms with Crippen molar-refractivity contribution < 1.29 is 38.2 Å². The van der Waals surface area contributed by atoms with Gasteiger partial charge in [0.05, 0.1) is 13.0 Å². The van der Waals surface area contributed by atoms with Crippen LogP contribution in [0, 0.1) is 5.92 Å². The van der Waals surface area contributed by atoms with E-state index in [1.165, 1.54) is 13.0 Å². The number of amides is 5. The van der Waals surface area contributed by atoms with Crippen molar-refractivity contribution in [3.8, 4) is 0 Å². The normalized spacial score (nSPS) is 16.9. The Morgan fingerprint density at radius 2 is 1.79 bits per heavy atom. The Bertz CT molecular complexity index is 1060. The van der Waals surface area contributed by atoms with Crippen LogP contribution in [0.5, 0.6) is 0 Å². The van der Waals surface area contributed by atoms with E-state index < -0.39 is 60.2 Å². The summed E-state index contributed by atoms with van der Waals surface area (Å²) in [5.41, 5.74) is 6.04. The molecular formula is C26H35N5O8. The van der Waals surface area contributed by atoms with Crippen molar-refractivity contribution in [1.29, 1.82) is 0 Å². The zero-order valence-corrected chi connectivity index (χ0v) is 21.9. The highest BCUT2D eigenvalue weighted by molar-refractivity contribution is 5.94. The van der Waals surface area contributed by atoms with Crippen molar-refractivity contribution in [1.82, 2.24) is 21.3 Å². The summed E-state index contributed by atoms with van der Waals surface area (Å²) in [6.45, 7) is 3.66. The molecule has 0 radical (unpaired) electrons. The van der Waals surface area contributed by atoms with E-state index in [2.05, 4.69) is 21.3 Å². The number of hydrogen-bond donors (Lipinski definition) is 5. The molecule has 1 heterocycles. The zero-order chi connectivity index (χ0) is 28.8. The number of hydrogen-bond acceptors (Lipinski definition) is 8. The largest absolute Gasteiger partial charge is 0.463 e. The van der Waals surface area contributed by atoms with E-state index in [4.69, 9.17) is 15.2 Å². The monoisotopic (exact) mass is 545 g/mol. The number of nitrogens with two attached hydrogens (primary N) is 1. The number of esters is 1. The van der Waals surface area contributed by atoms with E-state index in [9.17, 15) is 28.8 Å². The van der Waals surface area contributed by atoms with Gasteiger partial charge in [-0.05, 0) is 32.3 Å². The Morgan fingerprint density at radius 3 is 2.41 bits per heavy atom. The van der Waals surface area contributed by atoms with Crippen molar-refractivity contribution in [3.05, 3.63) is 48.0 Å². The molecule has 4 atom stereocenters. The smallest absolute Gasteiger partial charge is 0.408 e. The number of ether oxygens (including phenoxy) is 2. The summed E-state index contributed by atoms with van der Waals surface area (Å²) >= 11 is 0. The zero-order valence-electron chi connectivity index (χ0n) is 21.9. The van der Waals surface area contributed by atoms with Crippen LogP contribution in [0.2, 0.25) is 0 Å². The van der Waals surface area contributed by atoms with Crippen LogP contribution in [0.3, 0.4) is 0 Å². The summed E-state index contributed by atoms with van der Waals surface area (Å²) in [6.07, 6.45) is 1.87. The molecule has 0 bridgehead atoms. The van der Waals surface area contributed by atoms with E-state index in [0.29, 0.717) is 13.0 Å². The molecule has 1 aromatic carbocycles. The fourth-order valence-electron chi connectivity index (χ4n) is 3.74. The first-order valence-electron chi connectivity index (χ1n) is 12.6. The summed E-state index contributed by atoms with van der Waals surface area (Å²) in [5.74, 6) is -3.60. The Balaban J connectivity index is 2.01. The summed E-state index contributed by atoms with van der Waals surface area (Å²) < 4.78 is 9.95. The average molecular weight is 546 g/mol. The van der Waals surface area contributed by atoms with Crippen molar-refractivity contribution in [2.45, 2.75) is 57.8 Å². The lowest BCUT2D eigenvalue weighted by Gasteiger charge is -2.23. The number of benzene rings is 1. The van der Waals surface area contributed by atoms with E-state index in [-0.39, 0.29) is 25.5 Å². The van der Waals surface area contributed by atoms with Gasteiger partial charge in [0.15, 0.2) is 0 Å². The van der Waals surface area contributed by atoms with Gasteiger partial charge in [-0.15, -0.1) is 0 Å². The number of carbonyl (C=O) groups is 6. The molecule has 6 N–H and O–H groups in total. The molecule has 1 aliphatic rings. The maximum absolute atomic E-state index is 13.1. The van der Waals surface area contributed by atoms with Gasteiger partial charge in [-0.25, -0.2) is 9.59 Å². The minimum atomic E-state index is -1.38. The van der Waals surface area contributed by atoms with Crippen molar-refractivity contribution in [3.63, 3.8) is 0 Å². The van der Waals surface area contributed by atoms with E-state index in [1.54, 1.807) is 31.2 Å². The summed E-state index contributed by atoms with van der Waals surface area (Å²) in [7, 11) is 0. The van der Waals surface area contributed by atoms with Crippen LogP contribution in [-0.4, -0.2) is 67.0 Å². The SMILES string of the molecule is CCOC(=O)C=C[C@H](C[C@@H]1CCNC1=O)NC(=O)[C@H](CC(N)=O)NC(=O)[C@H](C)NC(=O)OCc1ccccc1. The highest BCUT2D eigenvalue weighted by Crippen LogP contribution is 2.17. The highest BCUT2D eigenvalue weighted by atomic mass is 16.5. The third kappa shape index (κ3) is 11.2. The molecule has 212 valence electrons. The van der Waals surface area contributed by atoms with Crippen molar-refractivity contribution in [2.24, 2.45) is 11.7 Å². The number of nitrogens with one attached hydrogen (secondary N) is 4. The first kappa shape index (κ1) is 30.8. The Labute approximate surface area is 226 Å². The molecule has 1 saturated heterocycles. The average Bonchev–Trinajstić information content (AvgIpc) is 3.30. The quantitative estimate of drug-likeness (QED) is 0.156. The van der Waals surface area contributed by atoms with Gasteiger partial charge in [0.1, 0.15) is 18.7 Å². The number of carbonyl (C=O) groups excluding carboxylic acids is 6. The van der Waals surface area contributed by atoms with E-state index in [0.717, 1.165) is 11.6 Å². The molecule has 0 aromatic heterocycles. The van der Waals surface area contributed by atoms with Gasteiger partial charge in [-0.1, -0.05) is 36.4 Å². The Kier molecular flexibility index (Phi) is 12.4. The lowest BCUT2D eigenvalue weighted by Crippen LogP contribution is -2.55. The molecular weight excluding hydrogens is 510 g/mol. The van der Waals surface area contributed by atoms with Crippen LogP contribution >= 0.6 is 0 Å². The second kappa shape index (κ2) is 15.7. The van der Waals surface area contributed by atoms with Crippen LogP contribution < -0.4 is 27.0 Å². The van der Waals surface area contributed by atoms with Gasteiger partial charge in [0.25, 0.3) is 0 Å². The molecule has 13 heteroatoms. The molecule has 2 rings (SSSR count). The molecule has 0 saturated carbocycles. The molecule has 0 unspecified atom stereocenters. The molecule has 0 aliphatic carbocycles. The third-order valence-corrected chi connectivity index (χ3v) is 5.76. The number of rotatable bonds is 14. The minimum Gasteiger partial charge on any atom is -0.463 e. The highest BCUT2D eigenvalue weighted by Gasteiger charge is 2.30. The molecule has 39 heavy (non-hydrogen) atoms. The van der Waals surface area contributed by atoms with Crippen molar-refractivity contribution in [2.75, 3.05) is 13.2 Å². The Hall–Kier alpha value is -4.42. The van der Waals surface area contributed by atoms with E-state index >= 15 is 0 Å². The second-order valence-electron chi connectivity index (χ2n) is 8.90. The summed E-state index contributed by atoms with van der Waals surface area (Å²) in [5, 5.41) is 10.1. The maximum atomic E-state index is 13.1. The summed E-state index contributed by atoms with van der Waals surface area (Å²) in [4.78, 5) is 73.3. The first-order valence-corrected chi connectivity index (χ1v) is 12.6. The van der Waals surface area contributed by atoms with Crippen LogP contribution in [0.1, 0.15) is 38.7 Å². The standard InChI is InChI=1S/C26H35N5O8/c1-3-38-22(33)10-9-19(13-18-11-12-28-24(18)35)30-25(36)20(14-21(27)32)31-23(34)16(2)29-26(37)39-15-17-7-5-4-6-8-17/h4-10,16,18-20H,3,11-15H2,1-2H3,(H2,27,32)(H,28,35)(H,29,37)(H,30,36)(H,31,34)/t16-,18-,19+,20-/m0/s1. The van der Waals surface area contributed by atoms with Gasteiger partial charge < -0.3 is 36.5 Å². The maximum Gasteiger partial charge on any atom is 0.408 e. The predicted molar refractivity (Wildman–Crippen MR) is 138 cm³/mol. The van der Waals surface area contributed by atoms with Crippen LogP contribution in [0.15, 0.2) is 42.5 Å². The minimum absolute atomic E-state index is 0.00651. The molecule has 1 fully saturated rings. The fourth-order valence-corrected chi connectivity index (χ4v) is 3.74. The molecule has 0 spiro atoms. The fraction of sp³-hybridized carbons (Fsp3) is 0.462. The molecule has 1 aliphatic heterocycles. The van der Waals surface area contributed by atoms with Gasteiger partial charge in [0.2, 0.25) is 23.6 Å². The molecule has 13 nitrogen and oxygen atoms in total. The van der Waals surface area contributed by atoms with Gasteiger partial charge in [-0.2, -0.15) is 0 Å². The van der Waals surface area contributed by atoms with Crippen LogP contribution in [0.4, 0.5) is 4.79 Å². The van der Waals surface area contributed by atoms with Crippen LogP contribution in [-0.2, 0) is 40.1 Å². The lowest BCUT2D eigenvalue weighted by molar-refractivity contribution is -0.137. The second-order valence-corrected chi connectivity index (χ2v) is 8.90. The van der Waals surface area contributed by atoms with Gasteiger partial charge in [0, 0.05) is 24.6 Å². The van der Waals surface area contributed by atoms with Crippen molar-refractivity contribution >= 4 is 35.7 Å². The number of primary amides is 1. The predicted octanol–water partition coefficient (Wildman–Crippen LogP) is -0.208. The first-order chi connectivity index (χ1) is 18.6. The van der Waals surface area contributed by atoms with Gasteiger partial charge >= 0.3 is 12.1 Å².